The molecule has 3 aromatic carbocycles. The first-order chi connectivity index (χ1) is 18.0. The summed E-state index contributed by atoms with van der Waals surface area (Å²) in [6, 6.07) is 26.0. The third-order valence-electron chi connectivity index (χ3n) is 9.40. The van der Waals surface area contributed by atoms with Crippen LogP contribution in [0.3, 0.4) is 0 Å². The van der Waals surface area contributed by atoms with Gasteiger partial charge in [-0.25, -0.2) is 0 Å². The van der Waals surface area contributed by atoms with Gasteiger partial charge in [0.25, 0.3) is 0 Å². The minimum Gasteiger partial charge on any atom is -0.496 e. The number of esters is 1. The van der Waals surface area contributed by atoms with Crippen LogP contribution in [0.2, 0.25) is 0 Å². The van der Waals surface area contributed by atoms with E-state index >= 15 is 0 Å². The highest BCUT2D eigenvalue weighted by Crippen LogP contribution is 2.69. The molecule has 190 valence electrons. The average Bonchev–Trinajstić information content (AvgIpc) is 3.34. The molecule has 4 unspecified atom stereocenters. The van der Waals surface area contributed by atoms with Gasteiger partial charge in [0.15, 0.2) is 0 Å². The summed E-state index contributed by atoms with van der Waals surface area (Å²) in [7, 11) is 3.27. The first-order valence-electron chi connectivity index (χ1n) is 13.3. The van der Waals surface area contributed by atoms with E-state index in [0.29, 0.717) is 6.54 Å². The zero-order chi connectivity index (χ0) is 25.8. The average molecular weight is 494 g/mol. The van der Waals surface area contributed by atoms with Gasteiger partial charge in [-0.05, 0) is 55.0 Å². The van der Waals surface area contributed by atoms with E-state index in [-0.39, 0.29) is 23.2 Å². The van der Waals surface area contributed by atoms with Crippen molar-refractivity contribution in [2.75, 3.05) is 27.3 Å². The van der Waals surface area contributed by atoms with Crippen LogP contribution in [-0.4, -0.2) is 38.2 Å². The van der Waals surface area contributed by atoms with Gasteiger partial charge in [-0.3, -0.25) is 4.79 Å². The number of allylic oxidation sites excluding steroid dienone is 1. The molecular formula is C33H35NO3. The van der Waals surface area contributed by atoms with Gasteiger partial charge in [-0.2, -0.15) is 0 Å². The molecule has 0 radical (unpaired) electrons. The fourth-order valence-electron chi connectivity index (χ4n) is 7.93. The summed E-state index contributed by atoms with van der Waals surface area (Å²) >= 11 is 0. The van der Waals surface area contributed by atoms with Gasteiger partial charge in [-0.1, -0.05) is 72.3 Å². The van der Waals surface area contributed by atoms with Crippen LogP contribution in [-0.2, 0) is 14.9 Å². The Hall–Kier alpha value is -3.53. The van der Waals surface area contributed by atoms with Crippen molar-refractivity contribution in [1.29, 1.82) is 0 Å². The maximum absolute atomic E-state index is 13.9. The van der Waals surface area contributed by atoms with Gasteiger partial charge < -0.3 is 14.4 Å². The van der Waals surface area contributed by atoms with E-state index in [1.807, 2.05) is 18.2 Å². The van der Waals surface area contributed by atoms with Crippen molar-refractivity contribution in [2.24, 2.45) is 11.3 Å². The van der Waals surface area contributed by atoms with E-state index in [4.69, 9.17) is 9.47 Å². The Morgan fingerprint density at radius 3 is 2.49 bits per heavy atom. The maximum Gasteiger partial charge on any atom is 0.314 e. The van der Waals surface area contributed by atoms with Crippen molar-refractivity contribution < 1.29 is 14.3 Å². The van der Waals surface area contributed by atoms with E-state index in [9.17, 15) is 4.79 Å². The smallest absolute Gasteiger partial charge is 0.314 e. The Morgan fingerprint density at radius 2 is 1.73 bits per heavy atom. The quantitative estimate of drug-likeness (QED) is 0.389. The molecular weight excluding hydrogens is 458 g/mol. The monoisotopic (exact) mass is 493 g/mol. The Balaban J connectivity index is 1.52. The number of hydrogen-bond acceptors (Lipinski definition) is 4. The SMILES string of the molecule is COC(=O)C12CN(C=C(C)c3ccccc3OC)CC1C1(c3ccc(C)cc3)CCC2c2ccccc21. The Morgan fingerprint density at radius 1 is 1.00 bits per heavy atom. The fraction of sp³-hybridized carbons (Fsp3) is 0.364. The van der Waals surface area contributed by atoms with Crippen LogP contribution >= 0.6 is 0 Å². The number of rotatable bonds is 5. The molecule has 1 aliphatic heterocycles. The van der Waals surface area contributed by atoms with Crippen molar-refractivity contribution >= 4 is 11.5 Å². The number of carbonyl (C=O) groups excluding carboxylic acids is 1. The highest BCUT2D eigenvalue weighted by molar-refractivity contribution is 5.82. The van der Waals surface area contributed by atoms with Gasteiger partial charge in [0, 0.05) is 42.1 Å². The molecule has 0 spiro atoms. The number of hydrogen-bond donors (Lipinski definition) is 0. The number of likely N-dealkylation sites (tertiary alicyclic amines) is 1. The van der Waals surface area contributed by atoms with Crippen molar-refractivity contribution in [3.05, 3.63) is 107 Å². The molecule has 4 heteroatoms. The van der Waals surface area contributed by atoms with E-state index < -0.39 is 5.41 Å². The Bertz CT molecular complexity index is 1380. The van der Waals surface area contributed by atoms with E-state index in [1.165, 1.54) is 22.3 Å². The number of benzene rings is 3. The van der Waals surface area contributed by atoms with Crippen LogP contribution in [0.5, 0.6) is 5.75 Å². The second kappa shape index (κ2) is 8.79. The van der Waals surface area contributed by atoms with Crippen LogP contribution in [0, 0.1) is 18.3 Å². The van der Waals surface area contributed by atoms with E-state index in [1.54, 1.807) is 14.2 Å². The Kier molecular flexibility index (Phi) is 5.67. The van der Waals surface area contributed by atoms with E-state index in [2.05, 4.69) is 79.5 Å². The predicted octanol–water partition coefficient (Wildman–Crippen LogP) is 6.33. The van der Waals surface area contributed by atoms with Crippen molar-refractivity contribution in [2.45, 2.75) is 38.0 Å². The molecule has 1 heterocycles. The number of aryl methyl sites for hydroxylation is 1. The van der Waals surface area contributed by atoms with Gasteiger partial charge in [-0.15, -0.1) is 0 Å². The maximum atomic E-state index is 13.9. The molecule has 4 nitrogen and oxygen atoms in total. The lowest BCUT2D eigenvalue weighted by Crippen LogP contribution is -2.60. The number of para-hydroxylation sites is 1. The summed E-state index contributed by atoms with van der Waals surface area (Å²) in [5.74, 6) is 1.06. The summed E-state index contributed by atoms with van der Waals surface area (Å²) in [6.45, 7) is 5.72. The minimum atomic E-state index is -0.593. The molecule has 4 atom stereocenters. The van der Waals surface area contributed by atoms with Gasteiger partial charge >= 0.3 is 5.97 Å². The number of carbonyl (C=O) groups is 1. The number of fused-ring (bicyclic) bond motifs is 1. The second-order valence-electron chi connectivity index (χ2n) is 11.0. The Labute approximate surface area is 219 Å². The molecule has 0 N–H and O–H groups in total. The topological polar surface area (TPSA) is 38.8 Å². The lowest BCUT2D eigenvalue weighted by molar-refractivity contribution is -0.161. The summed E-state index contributed by atoms with van der Waals surface area (Å²) in [5.41, 5.74) is 6.67. The molecule has 2 fully saturated rings. The lowest BCUT2D eigenvalue weighted by atomic mass is 9.42. The van der Waals surface area contributed by atoms with Gasteiger partial charge in [0.1, 0.15) is 5.75 Å². The first kappa shape index (κ1) is 23.8. The molecule has 3 aliphatic carbocycles. The minimum absolute atomic E-state index is 0.0703. The molecule has 4 aliphatic rings. The van der Waals surface area contributed by atoms with Crippen molar-refractivity contribution in [1.82, 2.24) is 4.90 Å². The van der Waals surface area contributed by atoms with Crippen LogP contribution in [0.15, 0.2) is 79.0 Å². The molecule has 7 rings (SSSR count). The zero-order valence-electron chi connectivity index (χ0n) is 22.2. The summed E-state index contributed by atoms with van der Waals surface area (Å²) < 4.78 is 11.3. The molecule has 0 aromatic heterocycles. The molecule has 3 aromatic rings. The fourth-order valence-corrected chi connectivity index (χ4v) is 7.93. The normalized spacial score (nSPS) is 28.0. The lowest BCUT2D eigenvalue weighted by Gasteiger charge is -2.59. The van der Waals surface area contributed by atoms with Crippen LogP contribution in [0.4, 0.5) is 0 Å². The predicted molar refractivity (Wildman–Crippen MR) is 147 cm³/mol. The summed E-state index contributed by atoms with van der Waals surface area (Å²) in [6.07, 6.45) is 4.26. The number of methoxy groups -OCH3 is 2. The molecule has 37 heavy (non-hydrogen) atoms. The van der Waals surface area contributed by atoms with E-state index in [0.717, 1.165) is 36.3 Å². The highest BCUT2D eigenvalue weighted by atomic mass is 16.5. The standard InChI is InChI=1S/C33H35NO3/c1-22-13-15-24(16-14-22)32-18-17-28(26-10-5-7-11-27(26)32)33(31(35)37-4)21-34(20-30(32)33)19-23(2)25-9-6-8-12-29(25)36-3/h5-16,19,28,30H,17-18,20-21H2,1-4H3. The van der Waals surface area contributed by atoms with Crippen LogP contribution < -0.4 is 4.74 Å². The zero-order valence-corrected chi connectivity index (χ0v) is 22.2. The first-order valence-corrected chi connectivity index (χ1v) is 13.3. The van der Waals surface area contributed by atoms with Crippen LogP contribution in [0.25, 0.3) is 5.57 Å². The third-order valence-corrected chi connectivity index (χ3v) is 9.40. The van der Waals surface area contributed by atoms with Gasteiger partial charge in [0.05, 0.1) is 19.6 Å². The van der Waals surface area contributed by atoms with Crippen molar-refractivity contribution in [3.63, 3.8) is 0 Å². The number of ether oxygens (including phenoxy) is 2. The molecule has 1 saturated heterocycles. The molecule has 0 amide bonds. The highest BCUT2D eigenvalue weighted by Gasteiger charge is 2.70. The number of nitrogens with zero attached hydrogens (tertiary/aromatic N) is 1. The largest absolute Gasteiger partial charge is 0.496 e. The van der Waals surface area contributed by atoms with Crippen molar-refractivity contribution in [3.8, 4) is 5.75 Å². The van der Waals surface area contributed by atoms with Gasteiger partial charge in [0.2, 0.25) is 0 Å². The third kappa shape index (κ3) is 3.31. The summed E-state index contributed by atoms with van der Waals surface area (Å²) in [4.78, 5) is 16.3. The molecule has 1 saturated carbocycles. The second-order valence-corrected chi connectivity index (χ2v) is 11.0. The molecule has 2 bridgehead atoms. The summed E-state index contributed by atoms with van der Waals surface area (Å²) in [5, 5.41) is 0. The van der Waals surface area contributed by atoms with Crippen LogP contribution in [0.1, 0.15) is 53.5 Å².